The normalized spacial score (nSPS) is 10.3. The highest BCUT2D eigenvalue weighted by atomic mass is 79.9. The summed E-state index contributed by atoms with van der Waals surface area (Å²) >= 11 is 15.0. The Morgan fingerprint density at radius 3 is 2.74 bits per heavy atom. The summed E-state index contributed by atoms with van der Waals surface area (Å²) in [4.78, 5) is 15.9. The van der Waals surface area contributed by atoms with Gasteiger partial charge in [-0.05, 0) is 24.3 Å². The minimum absolute atomic E-state index is 0.196. The zero-order valence-corrected chi connectivity index (χ0v) is 12.6. The summed E-state index contributed by atoms with van der Waals surface area (Å²) in [5.41, 5.74) is 6.67. The molecule has 0 aliphatic rings. The van der Waals surface area contributed by atoms with Crippen molar-refractivity contribution in [1.29, 1.82) is 0 Å². The van der Waals surface area contributed by atoms with Crippen LogP contribution in [0, 0.1) is 0 Å². The molecule has 4 nitrogen and oxygen atoms in total. The van der Waals surface area contributed by atoms with Crippen LogP contribution in [0.2, 0.25) is 10.2 Å². The first kappa shape index (κ1) is 14.1. The third kappa shape index (κ3) is 3.37. The number of pyridine rings is 1. The third-order valence-electron chi connectivity index (χ3n) is 2.33. The Bertz CT molecular complexity index is 649. The Morgan fingerprint density at radius 1 is 1.32 bits per heavy atom. The minimum Gasteiger partial charge on any atom is -0.397 e. The van der Waals surface area contributed by atoms with Gasteiger partial charge in [0, 0.05) is 4.47 Å². The molecule has 0 unspecified atom stereocenters. The van der Waals surface area contributed by atoms with E-state index in [1.54, 1.807) is 18.2 Å². The van der Waals surface area contributed by atoms with Crippen LogP contribution in [-0.4, -0.2) is 10.9 Å². The molecule has 98 valence electrons. The van der Waals surface area contributed by atoms with Gasteiger partial charge in [0.25, 0.3) is 5.91 Å². The van der Waals surface area contributed by atoms with Gasteiger partial charge in [-0.15, -0.1) is 0 Å². The number of nitrogens with zero attached hydrogens (tertiary/aromatic N) is 1. The number of carbonyl (C=O) groups is 1. The number of nitrogens with two attached hydrogens (primary N) is 1. The summed E-state index contributed by atoms with van der Waals surface area (Å²) in [6.07, 6.45) is 1.33. The van der Waals surface area contributed by atoms with Crippen LogP contribution in [-0.2, 0) is 0 Å². The number of anilines is 2. The van der Waals surface area contributed by atoms with Crippen LogP contribution in [0.25, 0.3) is 0 Å². The van der Waals surface area contributed by atoms with E-state index in [4.69, 9.17) is 28.9 Å². The van der Waals surface area contributed by atoms with Crippen LogP contribution in [0.1, 0.15) is 10.4 Å². The fourth-order valence-corrected chi connectivity index (χ4v) is 2.30. The summed E-state index contributed by atoms with van der Waals surface area (Å²) in [5, 5.41) is 3.28. The molecule has 3 N–H and O–H groups in total. The molecule has 0 fully saturated rings. The lowest BCUT2D eigenvalue weighted by atomic mass is 10.2. The maximum atomic E-state index is 12.1. The Balaban J connectivity index is 2.28. The number of amides is 1. The Labute approximate surface area is 128 Å². The second-order valence-corrected chi connectivity index (χ2v) is 5.38. The van der Waals surface area contributed by atoms with Crippen LogP contribution in [0.3, 0.4) is 0 Å². The number of nitrogen functional groups attached to an aromatic ring is 1. The smallest absolute Gasteiger partial charge is 0.257 e. The first-order chi connectivity index (χ1) is 8.97. The Hall–Kier alpha value is -1.30. The van der Waals surface area contributed by atoms with Crippen LogP contribution in [0.15, 0.2) is 34.9 Å². The predicted molar refractivity (Wildman–Crippen MR) is 80.8 cm³/mol. The molecule has 19 heavy (non-hydrogen) atoms. The Kier molecular flexibility index (Phi) is 4.29. The predicted octanol–water partition coefficient (Wildman–Crippen LogP) is 3.99. The van der Waals surface area contributed by atoms with E-state index in [0.717, 1.165) is 4.47 Å². The molecule has 0 saturated heterocycles. The van der Waals surface area contributed by atoms with Crippen LogP contribution in [0.4, 0.5) is 11.4 Å². The number of nitrogens with one attached hydrogen (secondary N) is 1. The van der Waals surface area contributed by atoms with Gasteiger partial charge in [0.1, 0.15) is 5.15 Å². The molecule has 1 aromatic heterocycles. The number of carbonyl (C=O) groups excluding carboxylic acids is 1. The van der Waals surface area contributed by atoms with Gasteiger partial charge in [0.2, 0.25) is 0 Å². The molecule has 2 aromatic rings. The van der Waals surface area contributed by atoms with Crippen molar-refractivity contribution in [2.24, 2.45) is 0 Å². The van der Waals surface area contributed by atoms with Gasteiger partial charge in [0.05, 0.1) is 28.2 Å². The van der Waals surface area contributed by atoms with Gasteiger partial charge >= 0.3 is 0 Å². The number of hydrogen-bond donors (Lipinski definition) is 2. The number of rotatable bonds is 2. The third-order valence-corrected chi connectivity index (χ3v) is 3.34. The fourth-order valence-electron chi connectivity index (χ4n) is 1.42. The van der Waals surface area contributed by atoms with E-state index in [-0.39, 0.29) is 16.4 Å². The molecule has 1 amide bonds. The minimum atomic E-state index is -0.397. The lowest BCUT2D eigenvalue weighted by molar-refractivity contribution is 0.102. The lowest BCUT2D eigenvalue weighted by Gasteiger charge is -2.09. The number of benzene rings is 1. The second kappa shape index (κ2) is 5.77. The zero-order valence-electron chi connectivity index (χ0n) is 9.45. The van der Waals surface area contributed by atoms with Crippen molar-refractivity contribution in [3.63, 3.8) is 0 Å². The van der Waals surface area contributed by atoms with Crippen molar-refractivity contribution in [1.82, 2.24) is 4.98 Å². The fraction of sp³-hybridized carbons (Fsp3) is 0. The largest absolute Gasteiger partial charge is 0.397 e. The summed E-state index contributed by atoms with van der Waals surface area (Å²) in [7, 11) is 0. The highest BCUT2D eigenvalue weighted by Gasteiger charge is 2.13. The van der Waals surface area contributed by atoms with Gasteiger partial charge in [-0.2, -0.15) is 0 Å². The van der Waals surface area contributed by atoms with Crippen molar-refractivity contribution in [2.75, 3.05) is 11.1 Å². The van der Waals surface area contributed by atoms with Crippen molar-refractivity contribution in [3.8, 4) is 0 Å². The molecule has 7 heteroatoms. The monoisotopic (exact) mass is 359 g/mol. The summed E-state index contributed by atoms with van der Waals surface area (Å²) in [5.74, 6) is -0.397. The van der Waals surface area contributed by atoms with E-state index in [9.17, 15) is 4.79 Å². The molecule has 0 bridgehead atoms. The molecule has 0 aliphatic heterocycles. The molecule has 0 spiro atoms. The van der Waals surface area contributed by atoms with E-state index in [1.165, 1.54) is 12.3 Å². The van der Waals surface area contributed by atoms with Gasteiger partial charge in [-0.3, -0.25) is 4.79 Å². The average molecular weight is 361 g/mol. The van der Waals surface area contributed by atoms with Crippen molar-refractivity contribution in [3.05, 3.63) is 50.7 Å². The second-order valence-electron chi connectivity index (χ2n) is 3.67. The van der Waals surface area contributed by atoms with Crippen molar-refractivity contribution in [2.45, 2.75) is 0 Å². The summed E-state index contributed by atoms with van der Waals surface area (Å²) in [6, 6.07) is 6.53. The van der Waals surface area contributed by atoms with E-state index >= 15 is 0 Å². The topological polar surface area (TPSA) is 68.0 Å². The molecular formula is C12H8BrCl2N3O. The SMILES string of the molecule is Nc1cnc(Cl)cc1C(=O)Nc1ccc(Br)cc1Cl. The van der Waals surface area contributed by atoms with Crippen LogP contribution >= 0.6 is 39.1 Å². The van der Waals surface area contributed by atoms with Gasteiger partial charge < -0.3 is 11.1 Å². The molecular weight excluding hydrogens is 353 g/mol. The number of hydrogen-bond acceptors (Lipinski definition) is 3. The van der Waals surface area contributed by atoms with E-state index in [2.05, 4.69) is 26.2 Å². The molecule has 1 heterocycles. The Morgan fingerprint density at radius 2 is 2.05 bits per heavy atom. The summed E-state index contributed by atoms with van der Waals surface area (Å²) < 4.78 is 0.821. The molecule has 0 atom stereocenters. The maximum Gasteiger partial charge on any atom is 0.257 e. The quantitative estimate of drug-likeness (QED) is 0.795. The average Bonchev–Trinajstić information content (AvgIpc) is 2.35. The molecule has 2 rings (SSSR count). The summed E-state index contributed by atoms with van der Waals surface area (Å²) in [6.45, 7) is 0. The van der Waals surface area contributed by atoms with E-state index in [1.807, 2.05) is 0 Å². The zero-order chi connectivity index (χ0) is 14.0. The van der Waals surface area contributed by atoms with E-state index in [0.29, 0.717) is 10.7 Å². The highest BCUT2D eigenvalue weighted by Crippen LogP contribution is 2.26. The van der Waals surface area contributed by atoms with Gasteiger partial charge in [0.15, 0.2) is 0 Å². The van der Waals surface area contributed by atoms with Crippen molar-refractivity contribution >= 4 is 56.4 Å². The molecule has 1 aromatic carbocycles. The first-order valence-electron chi connectivity index (χ1n) is 5.15. The van der Waals surface area contributed by atoms with Gasteiger partial charge in [-0.25, -0.2) is 4.98 Å². The van der Waals surface area contributed by atoms with Gasteiger partial charge in [-0.1, -0.05) is 39.1 Å². The number of aromatic nitrogens is 1. The molecule has 0 radical (unpaired) electrons. The highest BCUT2D eigenvalue weighted by molar-refractivity contribution is 9.10. The van der Waals surface area contributed by atoms with Crippen LogP contribution in [0.5, 0.6) is 0 Å². The standard InChI is InChI=1S/C12H8BrCl2N3O/c13-6-1-2-10(8(14)3-6)18-12(19)7-4-11(15)17-5-9(7)16/h1-5H,16H2,(H,18,19). The maximum absolute atomic E-state index is 12.1. The molecule has 0 aliphatic carbocycles. The van der Waals surface area contributed by atoms with Crippen LogP contribution < -0.4 is 11.1 Å². The van der Waals surface area contributed by atoms with E-state index < -0.39 is 5.91 Å². The first-order valence-corrected chi connectivity index (χ1v) is 6.69. The number of halogens is 3. The van der Waals surface area contributed by atoms with Crippen molar-refractivity contribution < 1.29 is 4.79 Å². The molecule has 0 saturated carbocycles. The lowest BCUT2D eigenvalue weighted by Crippen LogP contribution is -2.14.